The van der Waals surface area contributed by atoms with E-state index >= 15 is 0 Å². The van der Waals surface area contributed by atoms with Crippen LogP contribution in [0.15, 0.2) is 28.8 Å². The predicted octanol–water partition coefficient (Wildman–Crippen LogP) is 2.71. The van der Waals surface area contributed by atoms with Crippen LogP contribution in [0.25, 0.3) is 11.0 Å². The van der Waals surface area contributed by atoms with Crippen LogP contribution in [0.4, 0.5) is 5.95 Å². The number of hydrogen-bond donors (Lipinski definition) is 2. The van der Waals surface area contributed by atoms with Crippen molar-refractivity contribution in [2.24, 2.45) is 0 Å². The van der Waals surface area contributed by atoms with Gasteiger partial charge >= 0.3 is 0 Å². The van der Waals surface area contributed by atoms with E-state index < -0.39 is 5.91 Å². The Kier molecular flexibility index (Phi) is 3.92. The number of nitrogens with one attached hydrogen (secondary N) is 2. The summed E-state index contributed by atoms with van der Waals surface area (Å²) < 4.78 is 6.62. The highest BCUT2D eigenvalue weighted by molar-refractivity contribution is 6.35. The maximum absolute atomic E-state index is 12.5. The van der Waals surface area contributed by atoms with E-state index in [2.05, 4.69) is 30.8 Å². The number of hydrogen-bond acceptors (Lipinski definition) is 6. The van der Waals surface area contributed by atoms with E-state index in [1.807, 2.05) is 13.0 Å². The van der Waals surface area contributed by atoms with Crippen LogP contribution in [0.2, 0.25) is 5.02 Å². The molecule has 9 nitrogen and oxygen atoms in total. The Bertz CT molecular complexity index is 1110. The van der Waals surface area contributed by atoms with Crippen molar-refractivity contribution >= 4 is 34.5 Å². The van der Waals surface area contributed by atoms with Crippen molar-refractivity contribution in [2.45, 2.75) is 20.4 Å². The number of aryl methyl sites for hydroxylation is 1. The van der Waals surface area contributed by atoms with Crippen LogP contribution >= 0.6 is 11.6 Å². The number of nitrogens with zero attached hydrogens (tertiary/aromatic N) is 5. The van der Waals surface area contributed by atoms with E-state index in [1.165, 1.54) is 0 Å². The molecule has 0 spiro atoms. The molecule has 0 radical (unpaired) electrons. The highest BCUT2D eigenvalue weighted by Crippen LogP contribution is 2.22. The molecule has 0 aliphatic rings. The number of amides is 1. The van der Waals surface area contributed by atoms with Crippen LogP contribution in [-0.2, 0) is 6.54 Å². The minimum Gasteiger partial charge on any atom is -0.361 e. The van der Waals surface area contributed by atoms with Gasteiger partial charge in [-0.15, -0.1) is 5.10 Å². The monoisotopic (exact) mass is 371 g/mol. The lowest BCUT2D eigenvalue weighted by Crippen LogP contribution is -2.15. The first kappa shape index (κ1) is 16.3. The number of benzene rings is 1. The fourth-order valence-electron chi connectivity index (χ4n) is 2.59. The molecule has 3 heterocycles. The minimum atomic E-state index is -0.416. The average Bonchev–Trinajstić information content (AvgIpc) is 3.28. The van der Waals surface area contributed by atoms with Gasteiger partial charge in [0.1, 0.15) is 17.0 Å². The molecule has 0 atom stereocenters. The van der Waals surface area contributed by atoms with Crippen molar-refractivity contribution in [3.63, 3.8) is 0 Å². The molecule has 1 amide bonds. The van der Waals surface area contributed by atoms with Crippen LogP contribution < -0.4 is 5.32 Å². The number of rotatable bonds is 4. The van der Waals surface area contributed by atoms with Gasteiger partial charge < -0.3 is 9.51 Å². The molecular weight excluding hydrogens is 358 g/mol. The molecule has 132 valence electrons. The Morgan fingerprint density at radius 3 is 2.96 bits per heavy atom. The minimum absolute atomic E-state index is 0.205. The Balaban J connectivity index is 1.55. The number of fused-ring (bicyclic) bond motifs is 1. The molecule has 2 N–H and O–H groups in total. The lowest BCUT2D eigenvalue weighted by molar-refractivity contribution is 0.102. The standard InChI is InChI=1S/C16H14ClN7O2/c1-8-6-10(22-26-8)7-24-9(2)13(21-23-24)15(25)20-16-18-12-5-3-4-11(17)14(12)19-16/h3-6H,7H2,1-2H3,(H2,18,19,20,25). The number of imidazole rings is 1. The summed E-state index contributed by atoms with van der Waals surface area (Å²) in [4.78, 5) is 19.8. The summed E-state index contributed by atoms with van der Waals surface area (Å²) >= 11 is 6.10. The smallest absolute Gasteiger partial charge is 0.280 e. The van der Waals surface area contributed by atoms with Gasteiger partial charge in [-0.25, -0.2) is 9.67 Å². The van der Waals surface area contributed by atoms with Crippen LogP contribution in [-0.4, -0.2) is 36.0 Å². The average molecular weight is 372 g/mol. The molecular formula is C16H14ClN7O2. The number of H-pyrrole nitrogens is 1. The molecule has 4 aromatic rings. The maximum atomic E-state index is 12.5. The Labute approximate surface area is 152 Å². The summed E-state index contributed by atoms with van der Waals surface area (Å²) in [6, 6.07) is 7.16. The highest BCUT2D eigenvalue weighted by atomic mass is 35.5. The molecule has 4 rings (SSSR count). The van der Waals surface area contributed by atoms with Gasteiger partial charge in [-0.1, -0.05) is 28.0 Å². The molecule has 0 aliphatic carbocycles. The van der Waals surface area contributed by atoms with Crippen LogP contribution in [0.5, 0.6) is 0 Å². The van der Waals surface area contributed by atoms with Crippen LogP contribution in [0.1, 0.15) is 27.6 Å². The molecule has 0 bridgehead atoms. The Morgan fingerprint density at radius 2 is 2.23 bits per heavy atom. The van der Waals surface area contributed by atoms with Crippen molar-refractivity contribution < 1.29 is 9.32 Å². The number of halogens is 1. The lowest BCUT2D eigenvalue weighted by atomic mass is 10.3. The fraction of sp³-hybridized carbons (Fsp3) is 0.188. The van der Waals surface area contributed by atoms with Gasteiger partial charge in [-0.05, 0) is 26.0 Å². The molecule has 26 heavy (non-hydrogen) atoms. The molecule has 0 fully saturated rings. The normalized spacial score (nSPS) is 11.2. The van der Waals surface area contributed by atoms with Gasteiger partial charge in [0.2, 0.25) is 5.95 Å². The van der Waals surface area contributed by atoms with Gasteiger partial charge in [0, 0.05) is 6.07 Å². The summed E-state index contributed by atoms with van der Waals surface area (Å²) in [5.74, 6) is 0.582. The van der Waals surface area contributed by atoms with E-state index in [0.717, 1.165) is 5.52 Å². The third kappa shape index (κ3) is 2.93. The van der Waals surface area contributed by atoms with Gasteiger partial charge in [0.25, 0.3) is 5.91 Å². The molecule has 0 aliphatic heterocycles. The van der Waals surface area contributed by atoms with Gasteiger partial charge in [-0.2, -0.15) is 0 Å². The summed E-state index contributed by atoms with van der Waals surface area (Å²) in [7, 11) is 0. The van der Waals surface area contributed by atoms with Crippen molar-refractivity contribution in [1.29, 1.82) is 0 Å². The summed E-state index contributed by atoms with van der Waals surface area (Å²) in [6.07, 6.45) is 0. The van der Waals surface area contributed by atoms with Crippen molar-refractivity contribution in [3.8, 4) is 0 Å². The highest BCUT2D eigenvalue weighted by Gasteiger charge is 2.19. The third-order valence-corrected chi connectivity index (χ3v) is 4.19. The molecule has 0 saturated heterocycles. The number of carbonyl (C=O) groups excluding carboxylic acids is 1. The number of para-hydroxylation sites is 1. The molecule has 0 saturated carbocycles. The predicted molar refractivity (Wildman–Crippen MR) is 94.2 cm³/mol. The second-order valence-electron chi connectivity index (χ2n) is 5.79. The maximum Gasteiger partial charge on any atom is 0.280 e. The summed E-state index contributed by atoms with van der Waals surface area (Å²) in [5, 5.41) is 15.1. The Morgan fingerprint density at radius 1 is 1.38 bits per heavy atom. The SMILES string of the molecule is Cc1cc(Cn2nnc(C(=O)Nc3nc4c(Cl)cccc4[nH]3)c2C)no1. The first-order valence-corrected chi connectivity index (χ1v) is 8.17. The molecule has 0 unspecified atom stereocenters. The van der Waals surface area contributed by atoms with Gasteiger partial charge in [0.15, 0.2) is 5.69 Å². The summed E-state index contributed by atoms with van der Waals surface area (Å²) in [6.45, 7) is 3.93. The number of aromatic amines is 1. The molecule has 3 aromatic heterocycles. The zero-order chi connectivity index (χ0) is 18.3. The van der Waals surface area contributed by atoms with Crippen LogP contribution in [0, 0.1) is 13.8 Å². The van der Waals surface area contributed by atoms with Gasteiger partial charge in [-0.3, -0.25) is 10.1 Å². The van der Waals surface area contributed by atoms with Crippen molar-refractivity contribution in [3.05, 3.63) is 52.1 Å². The second kappa shape index (κ2) is 6.26. The largest absolute Gasteiger partial charge is 0.361 e. The number of anilines is 1. The Hall–Kier alpha value is -3.20. The quantitative estimate of drug-likeness (QED) is 0.570. The van der Waals surface area contributed by atoms with Crippen molar-refractivity contribution in [2.75, 3.05) is 5.32 Å². The first-order valence-electron chi connectivity index (χ1n) is 7.79. The van der Waals surface area contributed by atoms with E-state index in [1.54, 1.807) is 29.8 Å². The number of carbonyl (C=O) groups is 1. The number of aromatic nitrogens is 6. The molecule has 1 aromatic carbocycles. The first-order chi connectivity index (χ1) is 12.5. The zero-order valence-corrected chi connectivity index (χ0v) is 14.7. The fourth-order valence-corrected chi connectivity index (χ4v) is 2.81. The van der Waals surface area contributed by atoms with Crippen molar-refractivity contribution in [1.82, 2.24) is 30.1 Å². The third-order valence-electron chi connectivity index (χ3n) is 3.88. The topological polar surface area (TPSA) is 115 Å². The summed E-state index contributed by atoms with van der Waals surface area (Å²) in [5.41, 5.74) is 2.84. The lowest BCUT2D eigenvalue weighted by Gasteiger charge is -2.01. The second-order valence-corrected chi connectivity index (χ2v) is 6.19. The van der Waals surface area contributed by atoms with E-state index in [4.69, 9.17) is 16.1 Å². The van der Waals surface area contributed by atoms with E-state index in [0.29, 0.717) is 40.2 Å². The van der Waals surface area contributed by atoms with Gasteiger partial charge in [0.05, 0.1) is 22.8 Å². The van der Waals surface area contributed by atoms with E-state index in [-0.39, 0.29) is 5.69 Å². The van der Waals surface area contributed by atoms with Crippen LogP contribution in [0.3, 0.4) is 0 Å². The molecule has 10 heteroatoms. The van der Waals surface area contributed by atoms with E-state index in [9.17, 15) is 4.79 Å². The zero-order valence-electron chi connectivity index (χ0n) is 13.9.